The number of halogens is 1. The third-order valence-corrected chi connectivity index (χ3v) is 4.47. The summed E-state index contributed by atoms with van der Waals surface area (Å²) < 4.78 is 25.5. The molecule has 2 aromatic carbocycles. The van der Waals surface area contributed by atoms with Crippen LogP contribution in [0.25, 0.3) is 0 Å². The smallest absolute Gasteiger partial charge is 0.408 e. The SMILES string of the molecule is COC(=O)[C@@H](/C=C(\F)[C@@H](Cc1ccccc1)NC(=O)OC(C)(C)C)Cc1ccccc1. The third-order valence-electron chi connectivity index (χ3n) is 4.47. The Morgan fingerprint density at radius 1 is 0.968 bits per heavy atom. The lowest BCUT2D eigenvalue weighted by molar-refractivity contribution is -0.143. The van der Waals surface area contributed by atoms with E-state index in [1.54, 1.807) is 20.8 Å². The minimum Gasteiger partial charge on any atom is -0.469 e. The van der Waals surface area contributed by atoms with Crippen LogP contribution in [0.4, 0.5) is 9.18 Å². The lowest BCUT2D eigenvalue weighted by Gasteiger charge is -2.23. The number of rotatable bonds is 8. The molecule has 5 nitrogen and oxygen atoms in total. The molecule has 1 amide bonds. The van der Waals surface area contributed by atoms with Gasteiger partial charge in [-0.25, -0.2) is 9.18 Å². The number of carbonyl (C=O) groups is 2. The van der Waals surface area contributed by atoms with Crippen molar-refractivity contribution >= 4 is 12.1 Å². The Morgan fingerprint density at radius 2 is 1.48 bits per heavy atom. The van der Waals surface area contributed by atoms with Crippen molar-refractivity contribution in [1.82, 2.24) is 5.32 Å². The van der Waals surface area contributed by atoms with Gasteiger partial charge in [0, 0.05) is 0 Å². The molecule has 1 N–H and O–H groups in total. The molecule has 2 aromatic rings. The fourth-order valence-corrected chi connectivity index (χ4v) is 3.06. The van der Waals surface area contributed by atoms with Crippen molar-refractivity contribution in [2.45, 2.75) is 45.3 Å². The van der Waals surface area contributed by atoms with Crippen LogP contribution in [0.2, 0.25) is 0 Å². The Labute approximate surface area is 183 Å². The quantitative estimate of drug-likeness (QED) is 0.602. The summed E-state index contributed by atoms with van der Waals surface area (Å²) in [5.74, 6) is -2.00. The van der Waals surface area contributed by atoms with Gasteiger partial charge in [0.25, 0.3) is 0 Å². The molecule has 31 heavy (non-hydrogen) atoms. The zero-order valence-electron chi connectivity index (χ0n) is 18.4. The summed E-state index contributed by atoms with van der Waals surface area (Å²) in [5, 5.41) is 2.59. The Balaban J connectivity index is 2.28. The van der Waals surface area contributed by atoms with Gasteiger partial charge in [-0.05, 0) is 50.8 Å². The second kappa shape index (κ2) is 11.3. The number of hydrogen-bond donors (Lipinski definition) is 1. The van der Waals surface area contributed by atoms with Crippen molar-refractivity contribution in [3.63, 3.8) is 0 Å². The van der Waals surface area contributed by atoms with Gasteiger partial charge in [-0.3, -0.25) is 4.79 Å². The van der Waals surface area contributed by atoms with Gasteiger partial charge < -0.3 is 14.8 Å². The van der Waals surface area contributed by atoms with Gasteiger partial charge in [-0.15, -0.1) is 0 Å². The van der Waals surface area contributed by atoms with E-state index in [-0.39, 0.29) is 12.8 Å². The predicted octanol–water partition coefficient (Wildman–Crippen LogP) is 5.01. The maximum absolute atomic E-state index is 15.4. The van der Waals surface area contributed by atoms with Crippen molar-refractivity contribution in [2.24, 2.45) is 5.92 Å². The molecule has 0 aliphatic heterocycles. The van der Waals surface area contributed by atoms with E-state index in [0.717, 1.165) is 11.1 Å². The first kappa shape index (κ1) is 24.1. The van der Waals surface area contributed by atoms with Crippen molar-refractivity contribution in [1.29, 1.82) is 0 Å². The molecule has 0 bridgehead atoms. The molecule has 0 aliphatic rings. The molecule has 2 atom stereocenters. The summed E-state index contributed by atoms with van der Waals surface area (Å²) in [6.07, 6.45) is 0.992. The minimum absolute atomic E-state index is 0.210. The Hall–Kier alpha value is -3.15. The van der Waals surface area contributed by atoms with E-state index in [0.29, 0.717) is 0 Å². The minimum atomic E-state index is -0.986. The highest BCUT2D eigenvalue weighted by Crippen LogP contribution is 2.19. The number of nitrogens with one attached hydrogen (secondary N) is 1. The number of ether oxygens (including phenoxy) is 2. The lowest BCUT2D eigenvalue weighted by atomic mass is 9.96. The highest BCUT2D eigenvalue weighted by molar-refractivity contribution is 5.75. The zero-order valence-corrected chi connectivity index (χ0v) is 18.4. The van der Waals surface area contributed by atoms with Crippen molar-refractivity contribution < 1.29 is 23.5 Å². The van der Waals surface area contributed by atoms with E-state index in [9.17, 15) is 9.59 Å². The molecule has 0 aliphatic carbocycles. The molecule has 2 rings (SSSR count). The van der Waals surface area contributed by atoms with E-state index in [2.05, 4.69) is 5.32 Å². The number of carbonyl (C=O) groups excluding carboxylic acids is 2. The van der Waals surface area contributed by atoms with Crippen LogP contribution in [0.1, 0.15) is 31.9 Å². The van der Waals surface area contributed by atoms with Crippen LogP contribution in [0.15, 0.2) is 72.6 Å². The monoisotopic (exact) mass is 427 g/mol. The average Bonchev–Trinajstić information content (AvgIpc) is 2.72. The molecule has 0 aromatic heterocycles. The topological polar surface area (TPSA) is 64.6 Å². The van der Waals surface area contributed by atoms with E-state index in [4.69, 9.17) is 9.47 Å². The molecule has 0 saturated heterocycles. The zero-order chi connectivity index (χ0) is 22.9. The van der Waals surface area contributed by atoms with Gasteiger partial charge in [-0.2, -0.15) is 0 Å². The largest absolute Gasteiger partial charge is 0.469 e. The molecule has 0 spiro atoms. The van der Waals surface area contributed by atoms with E-state index in [1.807, 2.05) is 60.7 Å². The second-order valence-electron chi connectivity index (χ2n) is 8.26. The van der Waals surface area contributed by atoms with Crippen LogP contribution < -0.4 is 5.32 Å². The van der Waals surface area contributed by atoms with Crippen LogP contribution in [-0.2, 0) is 27.1 Å². The fraction of sp³-hybridized carbons (Fsp3) is 0.360. The average molecular weight is 428 g/mol. The first-order chi connectivity index (χ1) is 14.7. The number of benzene rings is 2. The lowest BCUT2D eigenvalue weighted by Crippen LogP contribution is -2.41. The molecular formula is C25H30FNO4. The Bertz CT molecular complexity index is 875. The number of alkyl carbamates (subject to hydrolysis) is 1. The molecule has 166 valence electrons. The third kappa shape index (κ3) is 8.62. The molecular weight excluding hydrogens is 397 g/mol. The molecule has 0 heterocycles. The van der Waals surface area contributed by atoms with Gasteiger partial charge >= 0.3 is 12.1 Å². The fourth-order valence-electron chi connectivity index (χ4n) is 3.06. The summed E-state index contributed by atoms with van der Waals surface area (Å²) in [5.41, 5.74) is 0.995. The summed E-state index contributed by atoms with van der Waals surface area (Å²) >= 11 is 0. The van der Waals surface area contributed by atoms with Crippen LogP contribution in [-0.4, -0.2) is 30.8 Å². The maximum Gasteiger partial charge on any atom is 0.408 e. The number of hydrogen-bond acceptors (Lipinski definition) is 4. The highest BCUT2D eigenvalue weighted by atomic mass is 19.1. The molecule has 0 radical (unpaired) electrons. The molecule has 0 fully saturated rings. The molecule has 0 unspecified atom stereocenters. The van der Waals surface area contributed by atoms with E-state index in [1.165, 1.54) is 13.2 Å². The first-order valence-electron chi connectivity index (χ1n) is 10.2. The van der Waals surface area contributed by atoms with Crippen LogP contribution in [0, 0.1) is 5.92 Å². The molecule has 6 heteroatoms. The summed E-state index contributed by atoms with van der Waals surface area (Å²) in [6.45, 7) is 5.20. The molecule has 0 saturated carbocycles. The van der Waals surface area contributed by atoms with Gasteiger partial charge in [0.15, 0.2) is 0 Å². The van der Waals surface area contributed by atoms with Gasteiger partial charge in [-0.1, -0.05) is 60.7 Å². The van der Waals surface area contributed by atoms with E-state index >= 15 is 4.39 Å². The predicted molar refractivity (Wildman–Crippen MR) is 118 cm³/mol. The normalized spacial score (nSPS) is 13.8. The van der Waals surface area contributed by atoms with E-state index < -0.39 is 35.5 Å². The van der Waals surface area contributed by atoms with Crippen molar-refractivity contribution in [3.05, 3.63) is 83.7 Å². The Kier molecular flexibility index (Phi) is 8.79. The highest BCUT2D eigenvalue weighted by Gasteiger charge is 2.25. The summed E-state index contributed by atoms with van der Waals surface area (Å²) in [6, 6.07) is 17.6. The first-order valence-corrected chi connectivity index (χ1v) is 10.2. The van der Waals surface area contributed by atoms with Gasteiger partial charge in [0.1, 0.15) is 11.4 Å². The van der Waals surface area contributed by atoms with Crippen LogP contribution >= 0.6 is 0 Å². The van der Waals surface area contributed by atoms with Gasteiger partial charge in [0.05, 0.1) is 19.1 Å². The summed E-state index contributed by atoms with van der Waals surface area (Å²) in [7, 11) is 1.27. The number of esters is 1. The standard InChI is InChI=1S/C25H30FNO4/c1-25(2,3)31-24(29)27-22(16-19-13-9-6-10-14-19)21(26)17-20(23(28)30-4)15-18-11-7-5-8-12-18/h5-14,17,20,22H,15-16H2,1-4H3,(H,27,29)/b21-17-/t20-,22-/m1/s1. The van der Waals surface area contributed by atoms with Crippen molar-refractivity contribution in [2.75, 3.05) is 7.11 Å². The number of methoxy groups -OCH3 is 1. The van der Waals surface area contributed by atoms with Crippen molar-refractivity contribution in [3.8, 4) is 0 Å². The maximum atomic E-state index is 15.4. The van der Waals surface area contributed by atoms with Crippen LogP contribution in [0.3, 0.4) is 0 Å². The van der Waals surface area contributed by atoms with Crippen LogP contribution in [0.5, 0.6) is 0 Å². The summed E-state index contributed by atoms with van der Waals surface area (Å²) in [4.78, 5) is 24.6. The second-order valence-corrected chi connectivity index (χ2v) is 8.26. The van der Waals surface area contributed by atoms with Gasteiger partial charge in [0.2, 0.25) is 0 Å². The Morgan fingerprint density at radius 3 is 1.97 bits per heavy atom. The number of amides is 1.